The van der Waals surface area contributed by atoms with Crippen molar-refractivity contribution in [2.45, 2.75) is 20.8 Å². The van der Waals surface area contributed by atoms with Gasteiger partial charge in [-0.25, -0.2) is 0 Å². The lowest BCUT2D eigenvalue weighted by atomic mass is 10.1. The van der Waals surface area contributed by atoms with Crippen LogP contribution in [0.25, 0.3) is 0 Å². The van der Waals surface area contributed by atoms with E-state index in [0.717, 1.165) is 11.3 Å². The SMILES string of the molecule is Cc1c[c]ccc1NC(=O)C(C)C. The van der Waals surface area contributed by atoms with Crippen LogP contribution >= 0.6 is 0 Å². The Bertz CT molecular complexity index is 305. The van der Waals surface area contributed by atoms with Crippen molar-refractivity contribution >= 4 is 11.6 Å². The molecule has 1 radical (unpaired) electrons. The van der Waals surface area contributed by atoms with Crippen LogP contribution in [0.4, 0.5) is 5.69 Å². The summed E-state index contributed by atoms with van der Waals surface area (Å²) < 4.78 is 0. The first-order chi connectivity index (χ1) is 6.11. The molecule has 0 aromatic heterocycles. The molecule has 1 rings (SSSR count). The van der Waals surface area contributed by atoms with Crippen molar-refractivity contribution in [1.29, 1.82) is 0 Å². The molecule has 0 saturated carbocycles. The summed E-state index contributed by atoms with van der Waals surface area (Å²) in [6, 6.07) is 8.46. The number of aryl methyl sites for hydroxylation is 1. The third-order valence-corrected chi connectivity index (χ3v) is 1.85. The maximum atomic E-state index is 11.3. The lowest BCUT2D eigenvalue weighted by molar-refractivity contribution is -0.118. The third kappa shape index (κ3) is 2.58. The molecule has 13 heavy (non-hydrogen) atoms. The molecule has 0 heterocycles. The van der Waals surface area contributed by atoms with Gasteiger partial charge in [0.1, 0.15) is 0 Å². The van der Waals surface area contributed by atoms with Gasteiger partial charge >= 0.3 is 0 Å². The van der Waals surface area contributed by atoms with Crippen LogP contribution < -0.4 is 5.32 Å². The highest BCUT2D eigenvalue weighted by Crippen LogP contribution is 2.13. The van der Waals surface area contributed by atoms with Gasteiger partial charge in [-0.3, -0.25) is 4.79 Å². The van der Waals surface area contributed by atoms with Crippen LogP contribution in [0.5, 0.6) is 0 Å². The molecule has 2 heteroatoms. The molecule has 0 aliphatic heterocycles. The Hall–Kier alpha value is -1.31. The largest absolute Gasteiger partial charge is 0.326 e. The van der Waals surface area contributed by atoms with Gasteiger partial charge in [-0.15, -0.1) is 0 Å². The van der Waals surface area contributed by atoms with Crippen LogP contribution in [0.2, 0.25) is 0 Å². The number of rotatable bonds is 2. The molecule has 0 aliphatic carbocycles. The molecule has 1 amide bonds. The zero-order valence-electron chi connectivity index (χ0n) is 8.22. The van der Waals surface area contributed by atoms with E-state index < -0.39 is 0 Å². The fourth-order valence-corrected chi connectivity index (χ4v) is 0.931. The van der Waals surface area contributed by atoms with Crippen LogP contribution in [0, 0.1) is 18.9 Å². The summed E-state index contributed by atoms with van der Waals surface area (Å²) in [6.45, 7) is 5.70. The zero-order valence-corrected chi connectivity index (χ0v) is 8.22. The average Bonchev–Trinajstić information content (AvgIpc) is 2.08. The fourth-order valence-electron chi connectivity index (χ4n) is 0.931. The predicted molar refractivity (Wildman–Crippen MR) is 53.5 cm³/mol. The molecule has 2 nitrogen and oxygen atoms in total. The number of anilines is 1. The second kappa shape index (κ2) is 4.08. The van der Waals surface area contributed by atoms with Crippen LogP contribution in [-0.4, -0.2) is 5.91 Å². The van der Waals surface area contributed by atoms with E-state index in [9.17, 15) is 4.79 Å². The van der Waals surface area contributed by atoms with Gasteiger partial charge in [-0.1, -0.05) is 19.9 Å². The van der Waals surface area contributed by atoms with Crippen LogP contribution in [0.3, 0.4) is 0 Å². The van der Waals surface area contributed by atoms with E-state index in [1.807, 2.05) is 32.9 Å². The monoisotopic (exact) mass is 176 g/mol. The Labute approximate surface area is 79.0 Å². The summed E-state index contributed by atoms with van der Waals surface area (Å²) >= 11 is 0. The molecule has 0 fully saturated rings. The van der Waals surface area contributed by atoms with Gasteiger partial charge in [0.15, 0.2) is 0 Å². The Balaban J connectivity index is 2.75. The molecule has 0 spiro atoms. The number of hydrogen-bond acceptors (Lipinski definition) is 1. The molecule has 1 aromatic carbocycles. The quantitative estimate of drug-likeness (QED) is 0.736. The maximum absolute atomic E-state index is 11.3. The van der Waals surface area contributed by atoms with Gasteiger partial charge < -0.3 is 5.32 Å². The van der Waals surface area contributed by atoms with Gasteiger partial charge in [0.2, 0.25) is 5.91 Å². The smallest absolute Gasteiger partial charge is 0.226 e. The van der Waals surface area contributed by atoms with Gasteiger partial charge in [0.05, 0.1) is 0 Å². The van der Waals surface area contributed by atoms with Crippen LogP contribution in [0.1, 0.15) is 19.4 Å². The van der Waals surface area contributed by atoms with Crippen molar-refractivity contribution in [2.75, 3.05) is 5.32 Å². The van der Waals surface area contributed by atoms with E-state index in [-0.39, 0.29) is 11.8 Å². The minimum Gasteiger partial charge on any atom is -0.326 e. The normalized spacial score (nSPS) is 10.2. The molecular formula is C11H14NO. The molecule has 0 unspecified atom stereocenters. The Morgan fingerprint density at radius 2 is 2.23 bits per heavy atom. The van der Waals surface area contributed by atoms with Crippen molar-refractivity contribution in [2.24, 2.45) is 5.92 Å². The zero-order chi connectivity index (χ0) is 9.84. The summed E-state index contributed by atoms with van der Waals surface area (Å²) in [5.74, 6) is 0.0675. The van der Waals surface area contributed by atoms with E-state index in [2.05, 4.69) is 11.4 Å². The number of hydrogen-bond donors (Lipinski definition) is 1. The Morgan fingerprint density at radius 1 is 1.54 bits per heavy atom. The summed E-state index contributed by atoms with van der Waals surface area (Å²) in [5.41, 5.74) is 1.91. The molecule has 69 valence electrons. The minimum absolute atomic E-state index is 0.0172. The Kier molecular flexibility index (Phi) is 3.07. The minimum atomic E-state index is 0.0172. The number of carbonyl (C=O) groups is 1. The first-order valence-electron chi connectivity index (χ1n) is 4.39. The summed E-state index contributed by atoms with van der Waals surface area (Å²) in [7, 11) is 0. The van der Waals surface area contributed by atoms with Gasteiger partial charge in [0.25, 0.3) is 0 Å². The summed E-state index contributed by atoms with van der Waals surface area (Å²) in [5, 5.41) is 2.85. The van der Waals surface area contributed by atoms with Crippen molar-refractivity contribution in [3.63, 3.8) is 0 Å². The molecule has 0 bridgehead atoms. The van der Waals surface area contributed by atoms with Crippen LogP contribution in [-0.2, 0) is 4.79 Å². The first kappa shape index (κ1) is 9.78. The lowest BCUT2D eigenvalue weighted by Gasteiger charge is -2.09. The fraction of sp³-hybridized carbons (Fsp3) is 0.364. The number of benzene rings is 1. The highest BCUT2D eigenvalue weighted by atomic mass is 16.1. The molecular weight excluding hydrogens is 162 g/mol. The van der Waals surface area contributed by atoms with Crippen molar-refractivity contribution in [3.05, 3.63) is 29.8 Å². The highest BCUT2D eigenvalue weighted by molar-refractivity contribution is 5.92. The average molecular weight is 176 g/mol. The predicted octanol–water partition coefficient (Wildman–Crippen LogP) is 2.39. The van der Waals surface area contributed by atoms with E-state index in [4.69, 9.17) is 0 Å². The van der Waals surface area contributed by atoms with Gasteiger partial charge in [-0.05, 0) is 30.7 Å². The first-order valence-corrected chi connectivity index (χ1v) is 4.39. The van der Waals surface area contributed by atoms with E-state index >= 15 is 0 Å². The van der Waals surface area contributed by atoms with Crippen molar-refractivity contribution in [1.82, 2.24) is 0 Å². The summed E-state index contributed by atoms with van der Waals surface area (Å²) in [6.07, 6.45) is 0. The molecule has 0 saturated heterocycles. The molecule has 1 N–H and O–H groups in total. The van der Waals surface area contributed by atoms with E-state index in [0.29, 0.717) is 0 Å². The number of nitrogens with one attached hydrogen (secondary N) is 1. The standard InChI is InChI=1S/C11H14NO/c1-8(2)11(13)12-10-7-5-4-6-9(10)3/h5-8H,1-3H3,(H,12,13). The van der Waals surface area contributed by atoms with Gasteiger partial charge in [0, 0.05) is 11.6 Å². The summed E-state index contributed by atoms with van der Waals surface area (Å²) in [4.78, 5) is 11.3. The van der Waals surface area contributed by atoms with E-state index in [1.54, 1.807) is 6.07 Å². The Morgan fingerprint density at radius 3 is 2.77 bits per heavy atom. The second-order valence-corrected chi connectivity index (χ2v) is 3.38. The number of amides is 1. The third-order valence-electron chi connectivity index (χ3n) is 1.85. The molecule has 0 atom stereocenters. The second-order valence-electron chi connectivity index (χ2n) is 3.38. The van der Waals surface area contributed by atoms with E-state index in [1.165, 1.54) is 0 Å². The highest BCUT2D eigenvalue weighted by Gasteiger charge is 2.07. The van der Waals surface area contributed by atoms with Gasteiger partial charge in [-0.2, -0.15) is 0 Å². The molecule has 1 aromatic rings. The van der Waals surface area contributed by atoms with Crippen LogP contribution in [0.15, 0.2) is 18.2 Å². The van der Waals surface area contributed by atoms with Crippen molar-refractivity contribution < 1.29 is 4.79 Å². The maximum Gasteiger partial charge on any atom is 0.226 e. The number of carbonyl (C=O) groups excluding carboxylic acids is 1. The van der Waals surface area contributed by atoms with Crippen molar-refractivity contribution in [3.8, 4) is 0 Å². The molecule has 0 aliphatic rings. The lowest BCUT2D eigenvalue weighted by Crippen LogP contribution is -2.18. The topological polar surface area (TPSA) is 29.1 Å².